The summed E-state index contributed by atoms with van der Waals surface area (Å²) in [6, 6.07) is 14.3. The molecule has 2 N–H and O–H groups in total. The van der Waals surface area contributed by atoms with Crippen LogP contribution in [0.5, 0.6) is 0 Å². The van der Waals surface area contributed by atoms with E-state index in [4.69, 9.17) is 0 Å². The van der Waals surface area contributed by atoms with E-state index in [0.717, 1.165) is 11.1 Å². The van der Waals surface area contributed by atoms with Gasteiger partial charge in [-0.2, -0.15) is 5.10 Å². The van der Waals surface area contributed by atoms with Gasteiger partial charge >= 0.3 is 0 Å². The molecule has 0 unspecified atom stereocenters. The molecule has 0 aliphatic rings. The molecule has 1 heterocycles. The second-order valence-electron chi connectivity index (χ2n) is 6.12. The number of carbonyl (C=O) groups excluding carboxylic acids is 2. The highest BCUT2D eigenvalue weighted by molar-refractivity contribution is 6.05. The van der Waals surface area contributed by atoms with E-state index in [0.29, 0.717) is 17.3 Å². The summed E-state index contributed by atoms with van der Waals surface area (Å²) in [5.41, 5.74) is 6.51. The second-order valence-corrected chi connectivity index (χ2v) is 6.12. The van der Waals surface area contributed by atoms with Crippen LogP contribution in [-0.2, 0) is 17.8 Å². The number of aromatic nitrogens is 2. The fourth-order valence-electron chi connectivity index (χ4n) is 2.83. The molecule has 7 heteroatoms. The summed E-state index contributed by atoms with van der Waals surface area (Å²) in [5, 5.41) is 4.99. The van der Waals surface area contributed by atoms with Crippen LogP contribution in [0.1, 0.15) is 28.5 Å². The van der Waals surface area contributed by atoms with Crippen LogP contribution >= 0.6 is 0 Å². The average Bonchev–Trinajstić information content (AvgIpc) is 2.68. The van der Waals surface area contributed by atoms with E-state index >= 15 is 0 Å². The molecule has 0 saturated carbocycles. The molecule has 1 aromatic heterocycles. The zero-order valence-corrected chi connectivity index (χ0v) is 15.2. The number of nitrogens with one attached hydrogen (secondary N) is 2. The van der Waals surface area contributed by atoms with Gasteiger partial charge in [0, 0.05) is 11.9 Å². The fraction of sp³-hybridized carbons (Fsp3) is 0.200. The van der Waals surface area contributed by atoms with Crippen LogP contribution in [0.2, 0.25) is 0 Å². The Morgan fingerprint density at radius 3 is 2.37 bits per heavy atom. The summed E-state index contributed by atoms with van der Waals surface area (Å²) in [4.78, 5) is 37.0. The molecule has 0 aliphatic heterocycles. The maximum absolute atomic E-state index is 12.6. The lowest BCUT2D eigenvalue weighted by Gasteiger charge is -2.11. The van der Waals surface area contributed by atoms with E-state index in [1.54, 1.807) is 31.2 Å². The number of hydrazine groups is 1. The Morgan fingerprint density at radius 2 is 1.67 bits per heavy atom. The lowest BCUT2D eigenvalue weighted by Crippen LogP contribution is -2.43. The number of amides is 2. The predicted octanol–water partition coefficient (Wildman–Crippen LogP) is 1.73. The van der Waals surface area contributed by atoms with Gasteiger partial charge in [-0.1, -0.05) is 42.5 Å². The Morgan fingerprint density at radius 1 is 1.00 bits per heavy atom. The third kappa shape index (κ3) is 3.87. The summed E-state index contributed by atoms with van der Waals surface area (Å²) < 4.78 is 1.23. The molecule has 7 nitrogen and oxygen atoms in total. The SMILES string of the molecule is CCn1nc(C(=O)NNC(=O)Cc2ccccc2C)c2ccccc2c1=O. The number of nitrogens with zero attached hydrogens (tertiary/aromatic N) is 2. The van der Waals surface area contributed by atoms with E-state index in [-0.39, 0.29) is 23.6 Å². The minimum atomic E-state index is -0.577. The molecule has 0 radical (unpaired) electrons. The Labute approximate surface area is 156 Å². The highest BCUT2D eigenvalue weighted by Gasteiger charge is 2.17. The van der Waals surface area contributed by atoms with Crippen LogP contribution in [0, 0.1) is 6.92 Å². The molecular formula is C20H20N4O3. The first kappa shape index (κ1) is 18.3. The average molecular weight is 364 g/mol. The van der Waals surface area contributed by atoms with Crippen molar-refractivity contribution in [1.29, 1.82) is 0 Å². The van der Waals surface area contributed by atoms with E-state index in [1.165, 1.54) is 4.68 Å². The normalized spacial score (nSPS) is 10.6. The monoisotopic (exact) mass is 364 g/mol. The fourth-order valence-corrected chi connectivity index (χ4v) is 2.83. The first-order valence-electron chi connectivity index (χ1n) is 8.64. The van der Waals surface area contributed by atoms with Crippen molar-refractivity contribution in [1.82, 2.24) is 20.6 Å². The van der Waals surface area contributed by atoms with Crippen molar-refractivity contribution in [3.8, 4) is 0 Å². The molecule has 2 aromatic carbocycles. The van der Waals surface area contributed by atoms with Gasteiger partial charge in [-0.05, 0) is 31.0 Å². The van der Waals surface area contributed by atoms with Gasteiger partial charge in [0.05, 0.1) is 11.8 Å². The van der Waals surface area contributed by atoms with Crippen molar-refractivity contribution in [2.75, 3.05) is 0 Å². The van der Waals surface area contributed by atoms with Crippen molar-refractivity contribution in [3.05, 3.63) is 75.7 Å². The third-order valence-electron chi connectivity index (χ3n) is 4.31. The van der Waals surface area contributed by atoms with Crippen LogP contribution in [0.4, 0.5) is 0 Å². The summed E-state index contributed by atoms with van der Waals surface area (Å²) in [6.45, 7) is 4.03. The molecule has 0 saturated heterocycles. The highest BCUT2D eigenvalue weighted by Crippen LogP contribution is 2.13. The minimum absolute atomic E-state index is 0.0863. The first-order chi connectivity index (χ1) is 13.0. The number of rotatable bonds is 4. The summed E-state index contributed by atoms with van der Waals surface area (Å²) in [5.74, 6) is -0.919. The van der Waals surface area contributed by atoms with Gasteiger partial charge in [-0.15, -0.1) is 0 Å². The topological polar surface area (TPSA) is 93.1 Å². The van der Waals surface area contributed by atoms with Crippen molar-refractivity contribution in [3.63, 3.8) is 0 Å². The number of hydrogen-bond acceptors (Lipinski definition) is 4. The Hall–Kier alpha value is -3.48. The smallest absolute Gasteiger partial charge is 0.273 e. The van der Waals surface area contributed by atoms with Crippen LogP contribution in [0.3, 0.4) is 0 Å². The standard InChI is InChI=1S/C20H20N4O3/c1-3-24-20(27)16-11-7-6-10-15(16)18(23-24)19(26)22-21-17(25)12-14-9-5-4-8-13(14)2/h4-11H,3,12H2,1-2H3,(H,21,25)(H,22,26). The van der Waals surface area contributed by atoms with Gasteiger partial charge in [-0.25, -0.2) is 4.68 Å². The quantitative estimate of drug-likeness (QED) is 0.690. The molecule has 0 fully saturated rings. The van der Waals surface area contributed by atoms with Crippen molar-refractivity contribution in [2.24, 2.45) is 0 Å². The maximum atomic E-state index is 12.6. The molecule has 27 heavy (non-hydrogen) atoms. The van der Waals surface area contributed by atoms with Gasteiger partial charge in [-0.3, -0.25) is 25.2 Å². The molecule has 0 bridgehead atoms. The van der Waals surface area contributed by atoms with Gasteiger partial charge < -0.3 is 0 Å². The minimum Gasteiger partial charge on any atom is -0.273 e. The Bertz CT molecular complexity index is 1070. The second kappa shape index (κ2) is 7.82. The van der Waals surface area contributed by atoms with Gasteiger partial charge in [0.15, 0.2) is 5.69 Å². The van der Waals surface area contributed by atoms with Crippen molar-refractivity contribution < 1.29 is 9.59 Å². The molecule has 2 amide bonds. The molecule has 0 aliphatic carbocycles. The molecule has 0 atom stereocenters. The van der Waals surface area contributed by atoms with Gasteiger partial charge in [0.2, 0.25) is 5.91 Å². The first-order valence-corrected chi connectivity index (χ1v) is 8.64. The summed E-state index contributed by atoms with van der Waals surface area (Å²) in [6.07, 6.45) is 0.148. The molecule has 3 aromatic rings. The molecule has 138 valence electrons. The van der Waals surface area contributed by atoms with Crippen LogP contribution in [0.25, 0.3) is 10.8 Å². The van der Waals surface area contributed by atoms with Crippen LogP contribution < -0.4 is 16.4 Å². The number of hydrogen-bond donors (Lipinski definition) is 2. The Balaban J connectivity index is 1.79. The number of carbonyl (C=O) groups is 2. The predicted molar refractivity (Wildman–Crippen MR) is 102 cm³/mol. The van der Waals surface area contributed by atoms with E-state index < -0.39 is 5.91 Å². The van der Waals surface area contributed by atoms with E-state index in [2.05, 4.69) is 16.0 Å². The maximum Gasteiger partial charge on any atom is 0.290 e. The van der Waals surface area contributed by atoms with E-state index in [9.17, 15) is 14.4 Å². The summed E-state index contributed by atoms with van der Waals surface area (Å²) >= 11 is 0. The number of aryl methyl sites for hydroxylation is 2. The largest absolute Gasteiger partial charge is 0.290 e. The lowest BCUT2D eigenvalue weighted by atomic mass is 10.1. The number of benzene rings is 2. The lowest BCUT2D eigenvalue weighted by molar-refractivity contribution is -0.121. The van der Waals surface area contributed by atoms with Crippen LogP contribution in [-0.4, -0.2) is 21.6 Å². The zero-order valence-electron chi connectivity index (χ0n) is 15.2. The van der Waals surface area contributed by atoms with Gasteiger partial charge in [0.25, 0.3) is 11.5 Å². The summed E-state index contributed by atoms with van der Waals surface area (Å²) in [7, 11) is 0. The highest BCUT2D eigenvalue weighted by atomic mass is 16.2. The Kier molecular flexibility index (Phi) is 5.30. The third-order valence-corrected chi connectivity index (χ3v) is 4.31. The van der Waals surface area contributed by atoms with Gasteiger partial charge in [0.1, 0.15) is 0 Å². The molecule has 3 rings (SSSR count). The van der Waals surface area contributed by atoms with Crippen molar-refractivity contribution >= 4 is 22.6 Å². The molecular weight excluding hydrogens is 344 g/mol. The van der Waals surface area contributed by atoms with Crippen LogP contribution in [0.15, 0.2) is 53.3 Å². The van der Waals surface area contributed by atoms with E-state index in [1.807, 2.05) is 31.2 Å². The molecule has 0 spiro atoms. The zero-order chi connectivity index (χ0) is 19.4. The van der Waals surface area contributed by atoms with Crippen molar-refractivity contribution in [2.45, 2.75) is 26.8 Å². The number of fused-ring (bicyclic) bond motifs is 1.